The molecule has 0 atom stereocenters. The number of aryl methyl sites for hydroxylation is 4. The predicted molar refractivity (Wildman–Crippen MR) is 114 cm³/mol. The highest BCUT2D eigenvalue weighted by Gasteiger charge is 2.19. The molecule has 0 aliphatic rings. The second-order valence-electron chi connectivity index (χ2n) is 8.63. The number of fused-ring (bicyclic) bond motifs is 1. The van der Waals surface area contributed by atoms with Crippen LogP contribution in [0.1, 0.15) is 43.3 Å². The number of hydrogen-bond acceptors (Lipinski definition) is 3. The molecule has 2 aromatic carbocycles. The zero-order chi connectivity index (χ0) is 20.2. The summed E-state index contributed by atoms with van der Waals surface area (Å²) < 4.78 is 4.07. The molecule has 0 radical (unpaired) electrons. The molecule has 28 heavy (non-hydrogen) atoms. The predicted octanol–water partition coefficient (Wildman–Crippen LogP) is 5.04. The van der Waals surface area contributed by atoms with E-state index >= 15 is 0 Å². The van der Waals surface area contributed by atoms with Crippen molar-refractivity contribution in [3.05, 3.63) is 59.2 Å². The number of aromatic nitrogens is 5. The average Bonchev–Trinajstić information content (AvgIpc) is 3.19. The average molecular weight is 374 g/mol. The number of benzene rings is 2. The molecule has 0 aliphatic heterocycles. The Morgan fingerprint density at radius 1 is 0.929 bits per heavy atom. The van der Waals surface area contributed by atoms with E-state index in [4.69, 9.17) is 0 Å². The van der Waals surface area contributed by atoms with Crippen LogP contribution in [0.25, 0.3) is 28.1 Å². The third-order valence-corrected chi connectivity index (χ3v) is 5.48. The summed E-state index contributed by atoms with van der Waals surface area (Å²) in [4.78, 5) is 9.18. The molecule has 0 saturated carbocycles. The van der Waals surface area contributed by atoms with Crippen molar-refractivity contribution in [2.45, 2.75) is 47.0 Å². The van der Waals surface area contributed by atoms with Crippen LogP contribution in [0.2, 0.25) is 0 Å². The van der Waals surface area contributed by atoms with Crippen LogP contribution in [0.5, 0.6) is 0 Å². The molecule has 0 bridgehead atoms. The van der Waals surface area contributed by atoms with Gasteiger partial charge in [-0.25, -0.2) is 14.6 Å². The largest absolute Gasteiger partial charge is 0.331 e. The van der Waals surface area contributed by atoms with Gasteiger partial charge in [-0.3, -0.25) is 0 Å². The topological polar surface area (TPSA) is 48.5 Å². The van der Waals surface area contributed by atoms with Gasteiger partial charge in [-0.1, -0.05) is 32.9 Å². The Balaban J connectivity index is 1.88. The highest BCUT2D eigenvalue weighted by atomic mass is 15.3. The van der Waals surface area contributed by atoms with E-state index in [-0.39, 0.29) is 5.41 Å². The van der Waals surface area contributed by atoms with Gasteiger partial charge in [0, 0.05) is 12.6 Å². The Kier molecular flexibility index (Phi) is 4.14. The van der Waals surface area contributed by atoms with Crippen molar-refractivity contribution in [1.29, 1.82) is 0 Å². The fraction of sp³-hybridized carbons (Fsp3) is 0.348. The molecule has 144 valence electrons. The summed E-state index contributed by atoms with van der Waals surface area (Å²) in [6.45, 7) is 13.0. The van der Waals surface area contributed by atoms with Crippen LogP contribution in [-0.2, 0) is 12.5 Å². The minimum Gasteiger partial charge on any atom is -0.331 e. The summed E-state index contributed by atoms with van der Waals surface area (Å²) >= 11 is 0. The van der Waals surface area contributed by atoms with Crippen LogP contribution < -0.4 is 0 Å². The molecule has 0 saturated heterocycles. The van der Waals surface area contributed by atoms with Crippen LogP contribution in [0.4, 0.5) is 0 Å². The van der Waals surface area contributed by atoms with Crippen molar-refractivity contribution in [1.82, 2.24) is 24.3 Å². The van der Waals surface area contributed by atoms with E-state index in [2.05, 4.69) is 84.6 Å². The van der Waals surface area contributed by atoms with Crippen molar-refractivity contribution in [3.63, 3.8) is 0 Å². The third kappa shape index (κ3) is 2.91. The van der Waals surface area contributed by atoms with Gasteiger partial charge in [-0.15, -0.1) is 0 Å². The summed E-state index contributed by atoms with van der Waals surface area (Å²) in [5.41, 5.74) is 8.08. The van der Waals surface area contributed by atoms with Gasteiger partial charge < -0.3 is 4.57 Å². The van der Waals surface area contributed by atoms with Crippen LogP contribution in [0.15, 0.2) is 36.7 Å². The first kappa shape index (κ1) is 18.4. The number of nitrogens with zero attached hydrogens (tertiary/aromatic N) is 5. The fourth-order valence-corrected chi connectivity index (χ4v) is 3.77. The molecule has 0 amide bonds. The molecule has 5 heteroatoms. The van der Waals surface area contributed by atoms with Crippen molar-refractivity contribution in [2.75, 3.05) is 0 Å². The van der Waals surface area contributed by atoms with Gasteiger partial charge in [0.2, 0.25) is 0 Å². The van der Waals surface area contributed by atoms with Crippen molar-refractivity contribution < 1.29 is 0 Å². The smallest absolute Gasteiger partial charge is 0.163 e. The zero-order valence-corrected chi connectivity index (χ0v) is 17.7. The van der Waals surface area contributed by atoms with Crippen molar-refractivity contribution in [3.8, 4) is 17.1 Å². The molecule has 0 unspecified atom stereocenters. The van der Waals surface area contributed by atoms with E-state index in [0.29, 0.717) is 0 Å². The van der Waals surface area contributed by atoms with Gasteiger partial charge in [-0.2, -0.15) is 5.10 Å². The minimum atomic E-state index is 0.113. The Morgan fingerprint density at radius 3 is 2.25 bits per heavy atom. The lowest BCUT2D eigenvalue weighted by Gasteiger charge is -2.22. The van der Waals surface area contributed by atoms with Crippen molar-refractivity contribution >= 4 is 11.0 Å². The standard InChI is InChI=1S/C23H27N5/c1-14-10-18(23(4,5)6)11-15(2)21(14)28-22(24-13-25-28)17-8-9-19-20(12-17)27(7)16(3)26-19/h8-13H,1-7H3. The van der Waals surface area contributed by atoms with E-state index in [1.165, 1.54) is 16.7 Å². The van der Waals surface area contributed by atoms with Crippen LogP contribution >= 0.6 is 0 Å². The maximum atomic E-state index is 4.60. The molecular weight excluding hydrogens is 346 g/mol. The first-order valence-corrected chi connectivity index (χ1v) is 9.62. The summed E-state index contributed by atoms with van der Waals surface area (Å²) in [5.74, 6) is 1.84. The van der Waals surface area contributed by atoms with Crippen LogP contribution in [-0.4, -0.2) is 24.3 Å². The Labute approximate surface area is 166 Å². The number of imidazole rings is 1. The molecule has 0 fully saturated rings. The van der Waals surface area contributed by atoms with E-state index in [1.807, 2.05) is 18.7 Å². The third-order valence-electron chi connectivity index (χ3n) is 5.48. The van der Waals surface area contributed by atoms with Gasteiger partial charge in [0.05, 0.1) is 16.7 Å². The lowest BCUT2D eigenvalue weighted by Crippen LogP contribution is -2.13. The molecule has 0 aliphatic carbocycles. The lowest BCUT2D eigenvalue weighted by molar-refractivity contribution is 0.588. The Morgan fingerprint density at radius 2 is 1.61 bits per heavy atom. The van der Waals surface area contributed by atoms with Crippen molar-refractivity contribution in [2.24, 2.45) is 7.05 Å². The first-order chi connectivity index (χ1) is 13.2. The molecular formula is C23H27N5. The van der Waals surface area contributed by atoms with Gasteiger partial charge in [0.15, 0.2) is 5.82 Å². The van der Waals surface area contributed by atoms with Gasteiger partial charge in [-0.05, 0) is 61.1 Å². The summed E-state index contributed by atoms with van der Waals surface area (Å²) in [6, 6.07) is 10.8. The highest BCUT2D eigenvalue weighted by Crippen LogP contribution is 2.31. The number of rotatable bonds is 2. The molecule has 4 aromatic rings. The maximum Gasteiger partial charge on any atom is 0.163 e. The van der Waals surface area contributed by atoms with E-state index in [9.17, 15) is 0 Å². The molecule has 0 N–H and O–H groups in total. The summed E-state index contributed by atoms with van der Waals surface area (Å²) in [6.07, 6.45) is 1.63. The first-order valence-electron chi connectivity index (χ1n) is 9.62. The van der Waals surface area contributed by atoms with Gasteiger partial charge in [0.1, 0.15) is 12.2 Å². The number of hydrogen-bond donors (Lipinski definition) is 0. The second kappa shape index (κ2) is 6.30. The Hall–Kier alpha value is -2.95. The summed E-state index contributed by atoms with van der Waals surface area (Å²) in [7, 11) is 2.04. The van der Waals surface area contributed by atoms with Crippen LogP contribution in [0.3, 0.4) is 0 Å². The quantitative estimate of drug-likeness (QED) is 0.494. The Bertz CT molecular complexity index is 1160. The fourth-order valence-electron chi connectivity index (χ4n) is 3.77. The molecule has 4 rings (SSSR count). The van der Waals surface area contributed by atoms with Crippen LogP contribution in [0, 0.1) is 20.8 Å². The normalized spacial score (nSPS) is 12.1. The molecule has 2 heterocycles. The molecule has 0 spiro atoms. The maximum absolute atomic E-state index is 4.60. The van der Waals surface area contributed by atoms with E-state index in [0.717, 1.165) is 33.9 Å². The highest BCUT2D eigenvalue weighted by molar-refractivity contribution is 5.81. The lowest BCUT2D eigenvalue weighted by atomic mass is 9.85. The second-order valence-corrected chi connectivity index (χ2v) is 8.63. The molecule has 2 aromatic heterocycles. The summed E-state index contributed by atoms with van der Waals surface area (Å²) in [5, 5.41) is 4.57. The van der Waals surface area contributed by atoms with Gasteiger partial charge >= 0.3 is 0 Å². The SMILES string of the molecule is Cc1cc(C(C)(C)C)cc(C)c1-n1ncnc1-c1ccc2nc(C)n(C)c2c1. The zero-order valence-electron chi connectivity index (χ0n) is 17.7. The monoisotopic (exact) mass is 373 g/mol. The van der Waals surface area contributed by atoms with E-state index < -0.39 is 0 Å². The minimum absolute atomic E-state index is 0.113. The molecule has 5 nitrogen and oxygen atoms in total. The van der Waals surface area contributed by atoms with E-state index in [1.54, 1.807) is 6.33 Å². The van der Waals surface area contributed by atoms with Gasteiger partial charge in [0.25, 0.3) is 0 Å².